The highest BCUT2D eigenvalue weighted by atomic mass is 32.2. The molecule has 0 aromatic heterocycles. The molecule has 0 bridgehead atoms. The van der Waals surface area contributed by atoms with Crippen molar-refractivity contribution in [2.45, 2.75) is 45.0 Å². The van der Waals surface area contributed by atoms with Gasteiger partial charge in [0.1, 0.15) is 18.2 Å². The number of carbonyl (C=O) groups is 2. The van der Waals surface area contributed by atoms with Crippen LogP contribution in [0, 0.1) is 0 Å². The Bertz CT molecular complexity index is 357. The summed E-state index contributed by atoms with van der Waals surface area (Å²) in [6.07, 6.45) is -3.33. The number of nitrogens with one attached hydrogen (secondary N) is 2. The minimum atomic E-state index is -4.49. The van der Waals surface area contributed by atoms with Crippen molar-refractivity contribution in [3.8, 4) is 0 Å². The number of thioether (sulfide) groups is 1. The number of ether oxygens (including phenoxy) is 1. The Kier molecular flexibility index (Phi) is 7.91. The van der Waals surface area contributed by atoms with E-state index >= 15 is 0 Å². The fraction of sp³-hybridized carbons (Fsp3) is 0.833. The monoisotopic (exact) mass is 330 g/mol. The molecule has 0 fully saturated rings. The van der Waals surface area contributed by atoms with Crippen LogP contribution in [0.5, 0.6) is 0 Å². The molecule has 21 heavy (non-hydrogen) atoms. The third kappa shape index (κ3) is 11.2. The fourth-order valence-electron chi connectivity index (χ4n) is 1.26. The molecule has 0 rings (SSSR count). The SMILES string of the molecule is CSCCC(NC(=O)OC(C)(C)C)C(=O)NCC(F)(F)F. The third-order valence-corrected chi connectivity index (χ3v) is 2.73. The first-order valence-electron chi connectivity index (χ1n) is 6.27. The van der Waals surface area contributed by atoms with Gasteiger partial charge in [0.25, 0.3) is 0 Å². The standard InChI is InChI=1S/C12H21F3N2O3S/c1-11(2,3)20-10(19)17-8(5-6-21-4)9(18)16-7-12(13,14)15/h8H,5-7H2,1-4H3,(H,16,18)(H,17,19). The first-order valence-corrected chi connectivity index (χ1v) is 7.67. The highest BCUT2D eigenvalue weighted by molar-refractivity contribution is 7.98. The van der Waals surface area contributed by atoms with E-state index in [2.05, 4.69) is 5.32 Å². The molecule has 0 aliphatic heterocycles. The number of halogens is 3. The van der Waals surface area contributed by atoms with E-state index in [1.54, 1.807) is 32.3 Å². The summed E-state index contributed by atoms with van der Waals surface area (Å²) >= 11 is 1.42. The quantitative estimate of drug-likeness (QED) is 0.784. The Labute approximate surface area is 126 Å². The average Bonchev–Trinajstić information content (AvgIpc) is 2.28. The van der Waals surface area contributed by atoms with E-state index in [1.807, 2.05) is 0 Å². The molecule has 2 amide bonds. The van der Waals surface area contributed by atoms with Gasteiger partial charge in [-0.05, 0) is 39.2 Å². The number of hydrogen-bond acceptors (Lipinski definition) is 4. The van der Waals surface area contributed by atoms with E-state index in [0.29, 0.717) is 5.75 Å². The molecule has 0 aliphatic carbocycles. The van der Waals surface area contributed by atoms with Crippen molar-refractivity contribution in [2.24, 2.45) is 0 Å². The van der Waals surface area contributed by atoms with Crippen LogP contribution in [0.2, 0.25) is 0 Å². The fourth-order valence-corrected chi connectivity index (χ4v) is 1.74. The summed E-state index contributed by atoms with van der Waals surface area (Å²) < 4.78 is 41.2. The Morgan fingerprint density at radius 1 is 1.24 bits per heavy atom. The number of rotatable bonds is 6. The predicted molar refractivity (Wildman–Crippen MR) is 75.2 cm³/mol. The van der Waals surface area contributed by atoms with Crippen LogP contribution in [0.15, 0.2) is 0 Å². The summed E-state index contributed by atoms with van der Waals surface area (Å²) in [5.41, 5.74) is -0.753. The molecular weight excluding hydrogens is 309 g/mol. The molecule has 0 aromatic rings. The van der Waals surface area contributed by atoms with Gasteiger partial charge >= 0.3 is 12.3 Å². The first kappa shape index (κ1) is 19.9. The van der Waals surface area contributed by atoms with Gasteiger partial charge in [-0.2, -0.15) is 24.9 Å². The normalized spacial score (nSPS) is 13.5. The van der Waals surface area contributed by atoms with Gasteiger partial charge in [-0.3, -0.25) is 4.79 Å². The van der Waals surface area contributed by atoms with Gasteiger partial charge in [0, 0.05) is 0 Å². The molecule has 0 aliphatic rings. The maximum atomic E-state index is 12.1. The molecule has 5 nitrogen and oxygen atoms in total. The zero-order valence-electron chi connectivity index (χ0n) is 12.5. The maximum Gasteiger partial charge on any atom is 0.408 e. The van der Waals surface area contributed by atoms with Crippen LogP contribution in [0.1, 0.15) is 27.2 Å². The molecule has 0 saturated carbocycles. The summed E-state index contributed by atoms with van der Waals surface area (Å²) in [6, 6.07) is -1.06. The summed E-state index contributed by atoms with van der Waals surface area (Å²) in [4.78, 5) is 23.3. The first-order chi connectivity index (χ1) is 9.44. The van der Waals surface area contributed by atoms with E-state index in [0.717, 1.165) is 0 Å². The number of alkyl carbamates (subject to hydrolysis) is 1. The molecular formula is C12H21F3N2O3S. The third-order valence-electron chi connectivity index (χ3n) is 2.08. The van der Waals surface area contributed by atoms with Crippen LogP contribution < -0.4 is 10.6 Å². The van der Waals surface area contributed by atoms with Gasteiger partial charge < -0.3 is 15.4 Å². The summed E-state index contributed by atoms with van der Waals surface area (Å²) in [5.74, 6) is -0.368. The van der Waals surface area contributed by atoms with Crippen molar-refractivity contribution >= 4 is 23.8 Å². The average molecular weight is 330 g/mol. The molecule has 0 spiro atoms. The lowest BCUT2D eigenvalue weighted by atomic mass is 10.2. The number of hydrogen-bond donors (Lipinski definition) is 2. The van der Waals surface area contributed by atoms with Gasteiger partial charge in [-0.25, -0.2) is 4.79 Å². The Morgan fingerprint density at radius 3 is 2.24 bits per heavy atom. The zero-order valence-corrected chi connectivity index (χ0v) is 13.3. The van der Waals surface area contributed by atoms with E-state index in [4.69, 9.17) is 4.74 Å². The van der Waals surface area contributed by atoms with Crippen molar-refractivity contribution in [1.29, 1.82) is 0 Å². The highest BCUT2D eigenvalue weighted by Crippen LogP contribution is 2.13. The molecule has 0 saturated heterocycles. The Balaban J connectivity index is 4.56. The summed E-state index contributed by atoms with van der Waals surface area (Å²) in [5, 5.41) is 4.05. The van der Waals surface area contributed by atoms with Crippen molar-refractivity contribution in [2.75, 3.05) is 18.6 Å². The predicted octanol–water partition coefficient (Wildman–Crippen LogP) is 2.31. The zero-order chi connectivity index (χ0) is 16.7. The molecule has 9 heteroatoms. The minimum absolute atomic E-state index is 0.212. The van der Waals surface area contributed by atoms with Crippen LogP contribution in [-0.4, -0.2) is 48.4 Å². The second-order valence-corrected chi connectivity index (χ2v) is 6.30. The molecule has 2 N–H and O–H groups in total. The Hall–Kier alpha value is -1.12. The van der Waals surface area contributed by atoms with Crippen molar-refractivity contribution < 1.29 is 27.5 Å². The van der Waals surface area contributed by atoms with Gasteiger partial charge in [0.05, 0.1) is 0 Å². The van der Waals surface area contributed by atoms with Crippen LogP contribution in [0.3, 0.4) is 0 Å². The van der Waals surface area contributed by atoms with Gasteiger partial charge in [-0.15, -0.1) is 0 Å². The van der Waals surface area contributed by atoms with Gasteiger partial charge in [-0.1, -0.05) is 0 Å². The van der Waals surface area contributed by atoms with Crippen molar-refractivity contribution in [3.05, 3.63) is 0 Å². The van der Waals surface area contributed by atoms with Crippen LogP contribution in [0.25, 0.3) is 0 Å². The molecule has 0 heterocycles. The smallest absolute Gasteiger partial charge is 0.408 e. The molecule has 1 unspecified atom stereocenters. The van der Waals surface area contributed by atoms with Crippen LogP contribution in [-0.2, 0) is 9.53 Å². The van der Waals surface area contributed by atoms with Crippen molar-refractivity contribution in [1.82, 2.24) is 10.6 Å². The van der Waals surface area contributed by atoms with Crippen LogP contribution in [0.4, 0.5) is 18.0 Å². The van der Waals surface area contributed by atoms with E-state index in [9.17, 15) is 22.8 Å². The van der Waals surface area contributed by atoms with E-state index in [1.165, 1.54) is 11.8 Å². The lowest BCUT2D eigenvalue weighted by Crippen LogP contribution is -2.50. The number of amides is 2. The van der Waals surface area contributed by atoms with Gasteiger partial charge in [0.2, 0.25) is 5.91 Å². The number of carbonyl (C=O) groups excluding carboxylic acids is 2. The van der Waals surface area contributed by atoms with E-state index in [-0.39, 0.29) is 6.42 Å². The molecule has 0 aromatic carbocycles. The second kappa shape index (κ2) is 8.35. The lowest BCUT2D eigenvalue weighted by Gasteiger charge is -2.23. The van der Waals surface area contributed by atoms with Crippen LogP contribution >= 0.6 is 11.8 Å². The van der Waals surface area contributed by atoms with Gasteiger partial charge in [0.15, 0.2) is 0 Å². The second-order valence-electron chi connectivity index (χ2n) is 5.31. The highest BCUT2D eigenvalue weighted by Gasteiger charge is 2.30. The van der Waals surface area contributed by atoms with E-state index < -0.39 is 36.4 Å². The molecule has 0 radical (unpaired) electrons. The summed E-state index contributed by atoms with van der Waals surface area (Å²) in [6.45, 7) is 3.51. The maximum absolute atomic E-state index is 12.1. The van der Waals surface area contributed by atoms with Crippen molar-refractivity contribution in [3.63, 3.8) is 0 Å². The molecule has 124 valence electrons. The Morgan fingerprint density at radius 2 is 1.81 bits per heavy atom. The molecule has 1 atom stereocenters. The topological polar surface area (TPSA) is 67.4 Å². The number of alkyl halides is 3. The summed E-state index contributed by atoms with van der Waals surface area (Å²) in [7, 11) is 0. The largest absolute Gasteiger partial charge is 0.444 e. The minimum Gasteiger partial charge on any atom is -0.444 e. The lowest BCUT2D eigenvalue weighted by molar-refractivity contribution is -0.139.